The summed E-state index contributed by atoms with van der Waals surface area (Å²) in [4.78, 5) is 0. The molecule has 1 spiro atoms. The van der Waals surface area contributed by atoms with Crippen LogP contribution in [-0.4, -0.2) is 95.2 Å². The zero-order chi connectivity index (χ0) is 23.9. The van der Waals surface area contributed by atoms with Crippen LogP contribution in [0.3, 0.4) is 0 Å². The Bertz CT molecular complexity index is 515. The highest BCUT2D eigenvalue weighted by Gasteiger charge is 2.73. The first-order chi connectivity index (χ1) is 14.8. The van der Waals surface area contributed by atoms with Crippen molar-refractivity contribution < 1.29 is 49.3 Å². The average Bonchev–Trinajstić information content (AvgIpc) is 3.21. The van der Waals surface area contributed by atoms with Crippen molar-refractivity contribution in [1.82, 2.24) is 16.0 Å². The van der Waals surface area contributed by atoms with E-state index >= 15 is 0 Å². The maximum atomic E-state index is 12.5. The molecule has 6 nitrogen and oxygen atoms in total. The fourth-order valence-electron chi connectivity index (χ4n) is 3.34. The van der Waals surface area contributed by atoms with Crippen LogP contribution in [0.15, 0.2) is 0 Å². The summed E-state index contributed by atoms with van der Waals surface area (Å²) < 4.78 is 110. The van der Waals surface area contributed by atoms with Gasteiger partial charge in [-0.3, -0.25) is 0 Å². The van der Waals surface area contributed by atoms with Crippen molar-refractivity contribution in [1.29, 1.82) is 0 Å². The summed E-state index contributed by atoms with van der Waals surface area (Å²) >= 11 is 0. The quantitative estimate of drug-likeness (QED) is 0.520. The molecule has 0 aromatic heterocycles. The van der Waals surface area contributed by atoms with Crippen LogP contribution in [0.25, 0.3) is 0 Å². The number of ether oxygens (including phenoxy) is 3. The molecular formula is C18H29F8N3O3. The Morgan fingerprint density at radius 1 is 0.719 bits per heavy atom. The van der Waals surface area contributed by atoms with E-state index in [1.54, 1.807) is 0 Å². The second kappa shape index (κ2) is 11.6. The summed E-state index contributed by atoms with van der Waals surface area (Å²) in [6.45, 7) is 4.07. The van der Waals surface area contributed by atoms with Gasteiger partial charge in [0.1, 0.15) is 5.60 Å². The number of halogens is 8. The van der Waals surface area contributed by atoms with Crippen LogP contribution in [0.2, 0.25) is 0 Å². The molecule has 3 saturated heterocycles. The van der Waals surface area contributed by atoms with Crippen molar-refractivity contribution >= 4 is 0 Å². The van der Waals surface area contributed by atoms with Crippen LogP contribution in [-0.2, 0) is 14.2 Å². The Hall–Kier alpha value is -0.800. The molecule has 4 rings (SSSR count). The Labute approximate surface area is 180 Å². The van der Waals surface area contributed by atoms with Gasteiger partial charge in [0.05, 0.1) is 51.3 Å². The molecule has 0 aromatic rings. The van der Waals surface area contributed by atoms with Gasteiger partial charge in [-0.25, -0.2) is 8.78 Å². The topological polar surface area (TPSA) is 63.8 Å². The second-order valence-corrected chi connectivity index (χ2v) is 7.93. The minimum Gasteiger partial charge on any atom is -0.375 e. The van der Waals surface area contributed by atoms with Crippen LogP contribution in [0.4, 0.5) is 35.1 Å². The van der Waals surface area contributed by atoms with Gasteiger partial charge in [0.15, 0.2) is 0 Å². The molecule has 1 unspecified atom stereocenters. The minimum atomic E-state index is -4.11. The van der Waals surface area contributed by atoms with Crippen molar-refractivity contribution in [3.8, 4) is 0 Å². The van der Waals surface area contributed by atoms with Crippen molar-refractivity contribution in [3.05, 3.63) is 0 Å². The summed E-state index contributed by atoms with van der Waals surface area (Å²) in [5.41, 5.74) is -1.12. The monoisotopic (exact) mass is 487 g/mol. The van der Waals surface area contributed by atoms with Gasteiger partial charge >= 0.3 is 12.4 Å². The highest BCUT2D eigenvalue weighted by Crippen LogP contribution is 2.55. The lowest BCUT2D eigenvalue weighted by molar-refractivity contribution is -0.164. The van der Waals surface area contributed by atoms with Gasteiger partial charge < -0.3 is 30.2 Å². The predicted molar refractivity (Wildman–Crippen MR) is 97.7 cm³/mol. The van der Waals surface area contributed by atoms with Gasteiger partial charge in [0, 0.05) is 39.3 Å². The lowest BCUT2D eigenvalue weighted by Crippen LogP contribution is -2.43. The number of hydrogen-bond donors (Lipinski definition) is 3. The highest BCUT2D eigenvalue weighted by atomic mass is 19.4. The normalized spacial score (nSPS) is 32.2. The van der Waals surface area contributed by atoms with Gasteiger partial charge in [-0.15, -0.1) is 0 Å². The summed E-state index contributed by atoms with van der Waals surface area (Å²) in [6, 6.07) is 0. The maximum absolute atomic E-state index is 12.5. The lowest BCUT2D eigenvalue weighted by atomic mass is 10.2. The summed E-state index contributed by atoms with van der Waals surface area (Å²) in [5, 5.41) is 8.55. The molecule has 3 N–H and O–H groups in total. The van der Waals surface area contributed by atoms with E-state index < -0.39 is 48.9 Å². The van der Waals surface area contributed by atoms with Crippen molar-refractivity contribution in [2.75, 3.05) is 59.1 Å². The number of hydrogen-bond acceptors (Lipinski definition) is 6. The van der Waals surface area contributed by atoms with Crippen LogP contribution in [0.5, 0.6) is 0 Å². The molecule has 14 heteroatoms. The van der Waals surface area contributed by atoms with Crippen LogP contribution >= 0.6 is 0 Å². The molecule has 3 atom stereocenters. The van der Waals surface area contributed by atoms with E-state index in [0.717, 1.165) is 0 Å². The van der Waals surface area contributed by atoms with Crippen LogP contribution < -0.4 is 16.0 Å². The van der Waals surface area contributed by atoms with E-state index in [9.17, 15) is 35.1 Å². The summed E-state index contributed by atoms with van der Waals surface area (Å²) in [5.74, 6) is -2.57. The summed E-state index contributed by atoms with van der Waals surface area (Å²) in [7, 11) is 0. The first-order valence-electron chi connectivity index (χ1n) is 10.3. The fourth-order valence-corrected chi connectivity index (χ4v) is 3.34. The van der Waals surface area contributed by atoms with E-state index in [4.69, 9.17) is 14.2 Å². The SMILES string of the molecule is FC(F)(F)C[C@@H]1CNCCO1.FC(F)(F)C[C@H]1CNCCO1.FC1(F)CC12CNCCO2. The standard InChI is InChI=1S/2C6H10F3NO.C6H9F2NO/c2*7-6(8,9)3-5-4-10-1-2-11-5;7-6(8)3-5(6)4-9-1-2-10-5/h2*5,10H,1-4H2;9H,1-4H2/t2*5-;/m10./s1. The third-order valence-corrected chi connectivity index (χ3v) is 5.04. The Kier molecular flexibility index (Phi) is 9.91. The Morgan fingerprint density at radius 2 is 1.16 bits per heavy atom. The van der Waals surface area contributed by atoms with E-state index in [-0.39, 0.29) is 6.42 Å². The Balaban J connectivity index is 0.000000170. The van der Waals surface area contributed by atoms with E-state index in [1.165, 1.54) is 0 Å². The number of morpholine rings is 3. The number of alkyl halides is 8. The third kappa shape index (κ3) is 10.00. The largest absolute Gasteiger partial charge is 0.391 e. The molecule has 190 valence electrons. The minimum absolute atomic E-state index is 0.104. The van der Waals surface area contributed by atoms with Crippen molar-refractivity contribution in [3.63, 3.8) is 0 Å². The average molecular weight is 487 g/mol. The molecule has 4 fully saturated rings. The molecule has 1 saturated carbocycles. The molecule has 0 radical (unpaired) electrons. The lowest BCUT2D eigenvalue weighted by Gasteiger charge is -2.24. The maximum Gasteiger partial charge on any atom is 0.391 e. The van der Waals surface area contributed by atoms with Crippen LogP contribution in [0.1, 0.15) is 19.3 Å². The number of rotatable bonds is 2. The molecule has 32 heavy (non-hydrogen) atoms. The fraction of sp³-hybridized carbons (Fsp3) is 1.00. The molecule has 3 aliphatic heterocycles. The predicted octanol–water partition coefficient (Wildman–Crippen LogP) is 2.24. The molecule has 3 heterocycles. The third-order valence-electron chi connectivity index (χ3n) is 5.04. The molecule has 4 aliphatic rings. The van der Waals surface area contributed by atoms with Crippen molar-refractivity contribution in [2.24, 2.45) is 0 Å². The van der Waals surface area contributed by atoms with Crippen LogP contribution in [0, 0.1) is 0 Å². The first kappa shape index (κ1) is 27.4. The molecule has 1 aliphatic carbocycles. The zero-order valence-electron chi connectivity index (χ0n) is 17.4. The highest BCUT2D eigenvalue weighted by molar-refractivity contribution is 5.15. The van der Waals surface area contributed by atoms with Gasteiger partial charge in [-0.1, -0.05) is 0 Å². The summed E-state index contributed by atoms with van der Waals surface area (Å²) in [6.07, 6.45) is -11.4. The molecule has 0 aromatic carbocycles. The smallest absolute Gasteiger partial charge is 0.375 e. The molecular weight excluding hydrogens is 458 g/mol. The zero-order valence-corrected chi connectivity index (χ0v) is 17.4. The number of nitrogens with one attached hydrogen (secondary N) is 3. The van der Waals surface area contributed by atoms with Crippen molar-refractivity contribution in [2.45, 2.75) is 55.3 Å². The van der Waals surface area contributed by atoms with Gasteiger partial charge in [-0.05, 0) is 0 Å². The van der Waals surface area contributed by atoms with E-state index in [2.05, 4.69) is 16.0 Å². The second-order valence-electron chi connectivity index (χ2n) is 7.93. The van der Waals surface area contributed by atoms with E-state index in [0.29, 0.717) is 59.1 Å². The first-order valence-corrected chi connectivity index (χ1v) is 10.3. The van der Waals surface area contributed by atoms with Gasteiger partial charge in [-0.2, -0.15) is 26.3 Å². The molecule has 0 bridgehead atoms. The molecule has 0 amide bonds. The Morgan fingerprint density at radius 3 is 1.41 bits per heavy atom. The van der Waals surface area contributed by atoms with E-state index in [1.807, 2.05) is 0 Å². The van der Waals surface area contributed by atoms with Gasteiger partial charge in [0.25, 0.3) is 5.92 Å². The van der Waals surface area contributed by atoms with Gasteiger partial charge in [0.2, 0.25) is 0 Å².